The summed E-state index contributed by atoms with van der Waals surface area (Å²) in [5, 5.41) is 10.3. The number of amides is 1. The van der Waals surface area contributed by atoms with Gasteiger partial charge in [-0.1, -0.05) is 18.2 Å². The van der Waals surface area contributed by atoms with Crippen LogP contribution in [0.25, 0.3) is 5.57 Å². The number of piperazine rings is 1. The Morgan fingerprint density at radius 3 is 2.42 bits per heavy atom. The highest BCUT2D eigenvalue weighted by Crippen LogP contribution is 2.39. The van der Waals surface area contributed by atoms with Gasteiger partial charge in [0.25, 0.3) is 5.91 Å². The molecule has 0 saturated carbocycles. The van der Waals surface area contributed by atoms with Crippen LogP contribution in [-0.2, 0) is 11.2 Å². The van der Waals surface area contributed by atoms with Gasteiger partial charge in [0.05, 0.1) is 11.2 Å². The number of nitrogens with zero attached hydrogens (tertiary/aromatic N) is 2. The van der Waals surface area contributed by atoms with E-state index in [1.54, 1.807) is 26.0 Å². The van der Waals surface area contributed by atoms with Crippen LogP contribution in [0, 0.1) is 5.82 Å². The molecule has 2 heterocycles. The van der Waals surface area contributed by atoms with E-state index in [0.717, 1.165) is 35.4 Å². The van der Waals surface area contributed by atoms with Gasteiger partial charge in [0.15, 0.2) is 0 Å². The van der Waals surface area contributed by atoms with Crippen molar-refractivity contribution >= 4 is 11.5 Å². The Bertz CT molecular complexity index is 1000. The van der Waals surface area contributed by atoms with E-state index in [1.807, 2.05) is 23.1 Å². The normalized spacial score (nSPS) is 17.4. The predicted molar refractivity (Wildman–Crippen MR) is 118 cm³/mol. The van der Waals surface area contributed by atoms with Gasteiger partial charge in [0.1, 0.15) is 18.2 Å². The van der Waals surface area contributed by atoms with Crippen LogP contribution in [0.3, 0.4) is 0 Å². The number of ether oxygens (including phenoxy) is 1. The summed E-state index contributed by atoms with van der Waals surface area (Å²) in [5.41, 5.74) is 3.04. The van der Waals surface area contributed by atoms with E-state index in [1.165, 1.54) is 12.1 Å². The molecule has 4 rings (SSSR count). The van der Waals surface area contributed by atoms with Crippen LogP contribution in [-0.4, -0.2) is 66.2 Å². The smallest absolute Gasteiger partial charge is 0.253 e. The largest absolute Gasteiger partial charge is 0.488 e. The summed E-state index contributed by atoms with van der Waals surface area (Å²) in [6, 6.07) is 12.0. The first-order valence-electron chi connectivity index (χ1n) is 10.7. The van der Waals surface area contributed by atoms with Gasteiger partial charge in [0, 0.05) is 43.7 Å². The maximum atomic E-state index is 13.6. The minimum atomic E-state index is -0.859. The molecule has 0 bridgehead atoms. The van der Waals surface area contributed by atoms with Crippen molar-refractivity contribution in [1.82, 2.24) is 9.80 Å². The Hall–Kier alpha value is -2.70. The summed E-state index contributed by atoms with van der Waals surface area (Å²) in [6.07, 6.45) is 0.471. The first-order valence-corrected chi connectivity index (χ1v) is 10.7. The number of hydrogen-bond donors (Lipinski definition) is 1. The fourth-order valence-corrected chi connectivity index (χ4v) is 4.21. The van der Waals surface area contributed by atoms with Crippen molar-refractivity contribution in [1.29, 1.82) is 0 Å². The fraction of sp³-hybridized carbons (Fsp3) is 0.400. The third-order valence-corrected chi connectivity index (χ3v) is 5.81. The lowest BCUT2D eigenvalue weighted by molar-refractivity contribution is -0.129. The molecule has 1 saturated heterocycles. The lowest BCUT2D eigenvalue weighted by Crippen LogP contribution is -2.48. The molecule has 0 aromatic heterocycles. The van der Waals surface area contributed by atoms with Gasteiger partial charge < -0.3 is 19.6 Å². The molecule has 1 amide bonds. The molecule has 164 valence electrons. The molecule has 5 nitrogen and oxygen atoms in total. The van der Waals surface area contributed by atoms with Crippen LogP contribution < -0.4 is 4.74 Å². The first kappa shape index (κ1) is 21.5. The molecule has 0 atom stereocenters. The van der Waals surface area contributed by atoms with Gasteiger partial charge in [-0.25, -0.2) is 4.39 Å². The van der Waals surface area contributed by atoms with Crippen molar-refractivity contribution in [2.24, 2.45) is 0 Å². The zero-order valence-electron chi connectivity index (χ0n) is 18.3. The molecule has 0 aliphatic carbocycles. The first-order chi connectivity index (χ1) is 14.7. The van der Waals surface area contributed by atoms with Gasteiger partial charge in [-0.15, -0.1) is 0 Å². The zero-order chi connectivity index (χ0) is 22.2. The van der Waals surface area contributed by atoms with Crippen LogP contribution in [0.2, 0.25) is 0 Å². The predicted octanol–water partition coefficient (Wildman–Crippen LogP) is 3.11. The average molecular weight is 425 g/mol. The number of rotatable bonds is 4. The van der Waals surface area contributed by atoms with E-state index in [9.17, 15) is 14.3 Å². The number of benzene rings is 2. The molecule has 0 unspecified atom stereocenters. The Morgan fingerprint density at radius 2 is 1.77 bits per heavy atom. The maximum absolute atomic E-state index is 13.6. The molecule has 1 N–H and O–H groups in total. The van der Waals surface area contributed by atoms with Crippen LogP contribution in [0.5, 0.6) is 5.75 Å². The zero-order valence-corrected chi connectivity index (χ0v) is 18.3. The third kappa shape index (κ3) is 4.81. The summed E-state index contributed by atoms with van der Waals surface area (Å²) < 4.78 is 19.6. The van der Waals surface area contributed by atoms with Crippen molar-refractivity contribution in [3.05, 3.63) is 70.5 Å². The number of hydrogen-bond acceptors (Lipinski definition) is 4. The number of fused-ring (bicyclic) bond motifs is 1. The van der Waals surface area contributed by atoms with Crippen molar-refractivity contribution in [3.63, 3.8) is 0 Å². The average Bonchev–Trinajstić information content (AvgIpc) is 2.72. The van der Waals surface area contributed by atoms with Crippen molar-refractivity contribution in [2.45, 2.75) is 25.9 Å². The topological polar surface area (TPSA) is 53.0 Å². The quantitative estimate of drug-likeness (QED) is 0.820. The summed E-state index contributed by atoms with van der Waals surface area (Å²) in [6.45, 7) is 6.71. The van der Waals surface area contributed by atoms with Gasteiger partial charge in [-0.3, -0.25) is 4.79 Å². The molecule has 2 aliphatic heterocycles. The van der Waals surface area contributed by atoms with Crippen LogP contribution in [0.15, 0.2) is 48.0 Å². The van der Waals surface area contributed by atoms with E-state index >= 15 is 0 Å². The second kappa shape index (κ2) is 8.44. The van der Waals surface area contributed by atoms with Crippen LogP contribution in [0.4, 0.5) is 4.39 Å². The Labute approximate surface area is 182 Å². The molecule has 0 radical (unpaired) electrons. The molecular weight excluding hydrogens is 395 g/mol. The maximum Gasteiger partial charge on any atom is 0.253 e. The number of halogens is 1. The lowest BCUT2D eigenvalue weighted by Gasteiger charge is -2.34. The minimum Gasteiger partial charge on any atom is -0.488 e. The highest BCUT2D eigenvalue weighted by Gasteiger charge is 2.30. The second-order valence-electron chi connectivity index (χ2n) is 9.06. The third-order valence-electron chi connectivity index (χ3n) is 5.81. The Kier molecular flexibility index (Phi) is 5.86. The second-order valence-corrected chi connectivity index (χ2v) is 9.06. The number of aliphatic hydroxyl groups is 1. The van der Waals surface area contributed by atoms with Crippen molar-refractivity contribution in [2.75, 3.05) is 39.8 Å². The van der Waals surface area contributed by atoms with Gasteiger partial charge in [-0.2, -0.15) is 0 Å². The summed E-state index contributed by atoms with van der Waals surface area (Å²) in [4.78, 5) is 17.6. The Morgan fingerprint density at radius 1 is 1.10 bits per heavy atom. The van der Waals surface area contributed by atoms with Gasteiger partial charge in [-0.05, 0) is 56.3 Å². The van der Waals surface area contributed by atoms with Crippen molar-refractivity contribution < 1.29 is 19.0 Å². The van der Waals surface area contributed by atoms with Crippen LogP contribution in [0.1, 0.15) is 30.5 Å². The van der Waals surface area contributed by atoms with E-state index in [0.29, 0.717) is 30.8 Å². The molecule has 0 spiro atoms. The summed E-state index contributed by atoms with van der Waals surface area (Å²) >= 11 is 0. The molecule has 2 aliphatic rings. The summed E-state index contributed by atoms with van der Waals surface area (Å²) in [5.74, 6) is 0.332. The Balaban J connectivity index is 1.81. The van der Waals surface area contributed by atoms with E-state index in [2.05, 4.69) is 11.9 Å². The molecule has 2 aromatic rings. The standard InChI is InChI=1S/C25H29FN2O3/c1-25(2,30)15-17-4-9-22-20(14-17)23(18-5-7-19(26)8-6-18)21(16-31-22)24(29)28-12-10-27(3)11-13-28/h4-9,14,30H,10-13,15-16H2,1-3H3. The molecule has 2 aromatic carbocycles. The molecule has 31 heavy (non-hydrogen) atoms. The van der Waals surface area contributed by atoms with E-state index in [-0.39, 0.29) is 18.3 Å². The van der Waals surface area contributed by atoms with E-state index in [4.69, 9.17) is 4.74 Å². The van der Waals surface area contributed by atoms with E-state index < -0.39 is 5.60 Å². The van der Waals surface area contributed by atoms with Crippen molar-refractivity contribution in [3.8, 4) is 5.75 Å². The SMILES string of the molecule is CN1CCN(C(=O)C2=C(c3ccc(F)cc3)c3cc(CC(C)(C)O)ccc3OC2)CC1. The van der Waals surface area contributed by atoms with Gasteiger partial charge in [0.2, 0.25) is 0 Å². The summed E-state index contributed by atoms with van der Waals surface area (Å²) in [7, 11) is 2.05. The number of likely N-dealkylation sites (N-methyl/N-ethyl adjacent to an activating group) is 1. The molecular formula is C25H29FN2O3. The highest BCUT2D eigenvalue weighted by molar-refractivity contribution is 6.06. The number of carbonyl (C=O) groups excluding carboxylic acids is 1. The minimum absolute atomic E-state index is 0.0361. The molecule has 6 heteroatoms. The molecule has 1 fully saturated rings. The monoisotopic (exact) mass is 424 g/mol. The number of carbonyl (C=O) groups is 1. The highest BCUT2D eigenvalue weighted by atomic mass is 19.1. The van der Waals surface area contributed by atoms with Gasteiger partial charge >= 0.3 is 0 Å². The van der Waals surface area contributed by atoms with Crippen LogP contribution >= 0.6 is 0 Å². The fourth-order valence-electron chi connectivity index (χ4n) is 4.21. The lowest BCUT2D eigenvalue weighted by atomic mass is 9.87.